The SMILES string of the molecule is Cc1c(C(=O)Nc2cnn(-c3ccccc3Cl)c2)cnn1C. The monoisotopic (exact) mass is 315 g/mol. The lowest BCUT2D eigenvalue weighted by Gasteiger charge is -2.03. The van der Waals surface area contributed by atoms with E-state index in [-0.39, 0.29) is 5.91 Å². The standard InChI is InChI=1S/C15H14ClN5O/c1-10-12(8-17-20(10)2)15(22)19-11-7-18-21(9-11)14-6-4-3-5-13(14)16/h3-9H,1-2H3,(H,19,22). The largest absolute Gasteiger partial charge is 0.319 e. The van der Waals surface area contributed by atoms with Crippen molar-refractivity contribution in [3.05, 3.63) is 59.1 Å². The van der Waals surface area contributed by atoms with Crippen LogP contribution in [-0.2, 0) is 7.05 Å². The van der Waals surface area contributed by atoms with Gasteiger partial charge in [0.25, 0.3) is 5.91 Å². The van der Waals surface area contributed by atoms with E-state index in [0.29, 0.717) is 16.3 Å². The zero-order valence-corrected chi connectivity index (χ0v) is 12.9. The van der Waals surface area contributed by atoms with E-state index in [1.54, 1.807) is 41.1 Å². The molecule has 3 rings (SSSR count). The molecule has 1 aromatic carbocycles. The van der Waals surface area contributed by atoms with Crippen molar-refractivity contribution in [2.45, 2.75) is 6.92 Å². The van der Waals surface area contributed by atoms with Crippen LogP contribution < -0.4 is 5.32 Å². The molecule has 0 aliphatic heterocycles. The Bertz CT molecular complexity index is 836. The maximum atomic E-state index is 12.2. The van der Waals surface area contributed by atoms with Gasteiger partial charge in [0.15, 0.2) is 0 Å². The summed E-state index contributed by atoms with van der Waals surface area (Å²) in [6.45, 7) is 1.84. The molecule has 0 radical (unpaired) electrons. The van der Waals surface area contributed by atoms with Crippen LogP contribution in [0.5, 0.6) is 0 Å². The lowest BCUT2D eigenvalue weighted by atomic mass is 10.2. The molecule has 1 amide bonds. The Morgan fingerprint density at radius 1 is 1.23 bits per heavy atom. The molecule has 0 fully saturated rings. The van der Waals surface area contributed by atoms with Gasteiger partial charge in [-0.05, 0) is 19.1 Å². The van der Waals surface area contributed by atoms with Gasteiger partial charge in [-0.15, -0.1) is 0 Å². The maximum Gasteiger partial charge on any atom is 0.259 e. The Morgan fingerprint density at radius 3 is 2.68 bits per heavy atom. The number of amides is 1. The van der Waals surface area contributed by atoms with Gasteiger partial charge >= 0.3 is 0 Å². The molecule has 1 N–H and O–H groups in total. The summed E-state index contributed by atoms with van der Waals surface area (Å²) in [5.41, 5.74) is 2.68. The number of benzene rings is 1. The molecule has 2 heterocycles. The van der Waals surface area contributed by atoms with Crippen LogP contribution in [0.2, 0.25) is 5.02 Å². The molecule has 0 unspecified atom stereocenters. The number of hydrogen-bond donors (Lipinski definition) is 1. The minimum atomic E-state index is -0.218. The summed E-state index contributed by atoms with van der Waals surface area (Å²) < 4.78 is 3.27. The van der Waals surface area contributed by atoms with Crippen molar-refractivity contribution >= 4 is 23.2 Å². The van der Waals surface area contributed by atoms with Gasteiger partial charge < -0.3 is 5.32 Å². The summed E-state index contributed by atoms with van der Waals surface area (Å²) in [4.78, 5) is 12.2. The smallest absolute Gasteiger partial charge is 0.259 e. The quantitative estimate of drug-likeness (QED) is 0.808. The lowest BCUT2D eigenvalue weighted by Crippen LogP contribution is -2.12. The molecule has 7 heteroatoms. The van der Waals surface area contributed by atoms with E-state index in [2.05, 4.69) is 15.5 Å². The Morgan fingerprint density at radius 2 is 2.00 bits per heavy atom. The van der Waals surface area contributed by atoms with E-state index in [0.717, 1.165) is 11.4 Å². The number of anilines is 1. The van der Waals surface area contributed by atoms with E-state index in [9.17, 15) is 4.79 Å². The van der Waals surface area contributed by atoms with E-state index in [4.69, 9.17) is 11.6 Å². The number of rotatable bonds is 3. The number of aromatic nitrogens is 4. The number of para-hydroxylation sites is 1. The second-order valence-electron chi connectivity index (χ2n) is 4.85. The topological polar surface area (TPSA) is 64.7 Å². The zero-order chi connectivity index (χ0) is 15.7. The highest BCUT2D eigenvalue weighted by molar-refractivity contribution is 6.32. The normalized spacial score (nSPS) is 10.7. The fourth-order valence-electron chi connectivity index (χ4n) is 2.08. The zero-order valence-electron chi connectivity index (χ0n) is 12.1. The minimum absolute atomic E-state index is 0.218. The van der Waals surface area contributed by atoms with E-state index in [1.807, 2.05) is 25.1 Å². The van der Waals surface area contributed by atoms with Gasteiger partial charge in [-0.25, -0.2) is 4.68 Å². The van der Waals surface area contributed by atoms with Crippen LogP contribution in [0.25, 0.3) is 5.69 Å². The number of hydrogen-bond acceptors (Lipinski definition) is 3. The first-order chi connectivity index (χ1) is 10.6. The van der Waals surface area contributed by atoms with Gasteiger partial charge in [0.2, 0.25) is 0 Å². The van der Waals surface area contributed by atoms with Gasteiger partial charge in [-0.2, -0.15) is 10.2 Å². The fourth-order valence-corrected chi connectivity index (χ4v) is 2.30. The highest BCUT2D eigenvalue weighted by atomic mass is 35.5. The number of carbonyl (C=O) groups excluding carboxylic acids is 1. The summed E-state index contributed by atoms with van der Waals surface area (Å²) in [5.74, 6) is -0.218. The second kappa shape index (κ2) is 5.65. The molecular weight excluding hydrogens is 302 g/mol. The second-order valence-corrected chi connectivity index (χ2v) is 5.25. The van der Waals surface area contributed by atoms with Crippen molar-refractivity contribution < 1.29 is 4.79 Å². The van der Waals surface area contributed by atoms with Crippen LogP contribution in [0.4, 0.5) is 5.69 Å². The molecule has 0 bridgehead atoms. The van der Waals surface area contributed by atoms with Crippen molar-refractivity contribution in [3.8, 4) is 5.69 Å². The Labute approximate surface area is 132 Å². The molecule has 0 saturated carbocycles. The average molecular weight is 316 g/mol. The highest BCUT2D eigenvalue weighted by Gasteiger charge is 2.14. The van der Waals surface area contributed by atoms with Crippen molar-refractivity contribution in [2.75, 3.05) is 5.32 Å². The molecule has 112 valence electrons. The van der Waals surface area contributed by atoms with Crippen molar-refractivity contribution in [3.63, 3.8) is 0 Å². The fraction of sp³-hybridized carbons (Fsp3) is 0.133. The molecular formula is C15H14ClN5O. The predicted octanol–water partition coefficient (Wildman–Crippen LogP) is 2.82. The number of aryl methyl sites for hydroxylation is 1. The van der Waals surface area contributed by atoms with E-state index < -0.39 is 0 Å². The van der Waals surface area contributed by atoms with Crippen LogP contribution in [0.1, 0.15) is 16.1 Å². The summed E-state index contributed by atoms with van der Waals surface area (Å²) in [6, 6.07) is 7.37. The van der Waals surface area contributed by atoms with Gasteiger partial charge in [0, 0.05) is 12.7 Å². The Balaban J connectivity index is 1.82. The van der Waals surface area contributed by atoms with E-state index >= 15 is 0 Å². The predicted molar refractivity (Wildman–Crippen MR) is 84.5 cm³/mol. The lowest BCUT2D eigenvalue weighted by molar-refractivity contribution is 0.102. The van der Waals surface area contributed by atoms with Crippen LogP contribution in [0.3, 0.4) is 0 Å². The van der Waals surface area contributed by atoms with Gasteiger partial charge in [0.05, 0.1) is 40.6 Å². The van der Waals surface area contributed by atoms with Crippen LogP contribution in [0, 0.1) is 6.92 Å². The summed E-state index contributed by atoms with van der Waals surface area (Å²) >= 11 is 6.13. The Hall–Kier alpha value is -2.60. The molecule has 0 spiro atoms. The minimum Gasteiger partial charge on any atom is -0.319 e. The summed E-state index contributed by atoms with van der Waals surface area (Å²) in [5, 5.41) is 11.7. The first-order valence-electron chi connectivity index (χ1n) is 6.66. The first-order valence-corrected chi connectivity index (χ1v) is 7.03. The number of nitrogens with one attached hydrogen (secondary N) is 1. The number of halogens is 1. The van der Waals surface area contributed by atoms with Crippen molar-refractivity contribution in [2.24, 2.45) is 7.05 Å². The van der Waals surface area contributed by atoms with Crippen molar-refractivity contribution in [1.29, 1.82) is 0 Å². The van der Waals surface area contributed by atoms with E-state index in [1.165, 1.54) is 0 Å². The Kier molecular flexibility index (Phi) is 3.68. The summed E-state index contributed by atoms with van der Waals surface area (Å²) in [7, 11) is 1.79. The first kappa shape index (κ1) is 14.3. The molecule has 0 aliphatic carbocycles. The third kappa shape index (κ3) is 2.60. The average Bonchev–Trinajstić information content (AvgIpc) is 3.08. The molecule has 0 atom stereocenters. The highest BCUT2D eigenvalue weighted by Crippen LogP contribution is 2.20. The molecule has 0 saturated heterocycles. The third-order valence-electron chi connectivity index (χ3n) is 3.42. The van der Waals surface area contributed by atoms with Crippen molar-refractivity contribution in [1.82, 2.24) is 19.6 Å². The summed E-state index contributed by atoms with van der Waals surface area (Å²) in [6.07, 6.45) is 4.83. The van der Waals surface area contributed by atoms with Crippen LogP contribution in [0.15, 0.2) is 42.9 Å². The molecule has 6 nitrogen and oxygen atoms in total. The van der Waals surface area contributed by atoms with Crippen LogP contribution >= 0.6 is 11.6 Å². The van der Waals surface area contributed by atoms with Crippen LogP contribution in [-0.4, -0.2) is 25.5 Å². The van der Waals surface area contributed by atoms with Gasteiger partial charge in [-0.3, -0.25) is 9.48 Å². The molecule has 3 aromatic rings. The number of carbonyl (C=O) groups is 1. The van der Waals surface area contributed by atoms with Gasteiger partial charge in [0.1, 0.15) is 0 Å². The number of nitrogens with zero attached hydrogens (tertiary/aromatic N) is 4. The van der Waals surface area contributed by atoms with Gasteiger partial charge in [-0.1, -0.05) is 23.7 Å². The molecule has 2 aromatic heterocycles. The molecule has 22 heavy (non-hydrogen) atoms. The third-order valence-corrected chi connectivity index (χ3v) is 3.74. The maximum absolute atomic E-state index is 12.2. The molecule has 0 aliphatic rings.